The molecule has 0 aliphatic carbocycles. The molecule has 0 aliphatic heterocycles. The van der Waals surface area contributed by atoms with Gasteiger partial charge >= 0.3 is 0 Å². The van der Waals surface area contributed by atoms with E-state index in [4.69, 9.17) is 5.21 Å². The molecule has 0 aromatic heterocycles. The summed E-state index contributed by atoms with van der Waals surface area (Å²) in [4.78, 5) is 0. The summed E-state index contributed by atoms with van der Waals surface area (Å²) in [6, 6.07) is 3.08. The van der Waals surface area contributed by atoms with Crippen LogP contribution < -0.4 is 5.48 Å². The van der Waals surface area contributed by atoms with E-state index in [1.165, 1.54) is 6.07 Å². The van der Waals surface area contributed by atoms with Gasteiger partial charge in [-0.1, -0.05) is 6.07 Å². The molecular formula is C8H9F2NO. The fraction of sp³-hybridized carbons (Fsp3) is 0.250. The highest BCUT2D eigenvalue weighted by Gasteiger charge is 2.07. The van der Waals surface area contributed by atoms with E-state index in [2.05, 4.69) is 0 Å². The van der Waals surface area contributed by atoms with Crippen molar-refractivity contribution in [1.29, 1.82) is 0 Å². The molecule has 4 heteroatoms. The number of hydrogen-bond acceptors (Lipinski definition) is 2. The van der Waals surface area contributed by atoms with Crippen molar-refractivity contribution in [2.24, 2.45) is 0 Å². The van der Waals surface area contributed by atoms with Gasteiger partial charge in [0, 0.05) is 0 Å². The maximum Gasteiger partial charge on any atom is 0.159 e. The zero-order valence-electron chi connectivity index (χ0n) is 6.51. The standard InChI is InChI=1S/C8H9F2NO/c1-5(11-12)6-2-3-7(9)8(10)4-6/h2-5,11-12H,1H3. The minimum atomic E-state index is -0.908. The first-order valence-electron chi connectivity index (χ1n) is 3.49. The summed E-state index contributed by atoms with van der Waals surface area (Å²) >= 11 is 0. The van der Waals surface area contributed by atoms with E-state index in [1.807, 2.05) is 5.48 Å². The lowest BCUT2D eigenvalue weighted by atomic mass is 10.1. The average molecular weight is 173 g/mol. The van der Waals surface area contributed by atoms with Gasteiger partial charge in [0.1, 0.15) is 0 Å². The van der Waals surface area contributed by atoms with Gasteiger partial charge in [0.2, 0.25) is 0 Å². The van der Waals surface area contributed by atoms with Crippen LogP contribution in [0, 0.1) is 11.6 Å². The van der Waals surface area contributed by atoms with Gasteiger partial charge in [-0.3, -0.25) is 0 Å². The van der Waals surface area contributed by atoms with Crippen molar-refractivity contribution in [1.82, 2.24) is 5.48 Å². The number of hydroxylamine groups is 1. The first-order valence-corrected chi connectivity index (χ1v) is 3.49. The Morgan fingerprint density at radius 1 is 1.33 bits per heavy atom. The molecular weight excluding hydrogens is 164 g/mol. The number of benzene rings is 1. The van der Waals surface area contributed by atoms with Crippen molar-refractivity contribution < 1.29 is 14.0 Å². The molecule has 1 aromatic rings. The average Bonchev–Trinajstić information content (AvgIpc) is 2.08. The quantitative estimate of drug-likeness (QED) is 0.670. The highest BCUT2D eigenvalue weighted by molar-refractivity contribution is 5.20. The van der Waals surface area contributed by atoms with Crippen molar-refractivity contribution in [2.75, 3.05) is 0 Å². The van der Waals surface area contributed by atoms with Crippen LogP contribution in [0.2, 0.25) is 0 Å². The molecule has 1 unspecified atom stereocenters. The molecule has 0 fully saturated rings. The molecule has 0 spiro atoms. The Hall–Kier alpha value is -1.00. The van der Waals surface area contributed by atoms with Gasteiger partial charge in [-0.2, -0.15) is 5.48 Å². The van der Waals surface area contributed by atoms with Crippen LogP contribution in [0.5, 0.6) is 0 Å². The molecule has 2 nitrogen and oxygen atoms in total. The summed E-state index contributed by atoms with van der Waals surface area (Å²) < 4.78 is 25.0. The molecule has 0 heterocycles. The third-order valence-electron chi connectivity index (χ3n) is 1.64. The predicted octanol–water partition coefficient (Wildman–Crippen LogP) is 2.00. The molecule has 1 atom stereocenters. The van der Waals surface area contributed by atoms with Gasteiger partial charge in [0.25, 0.3) is 0 Å². The van der Waals surface area contributed by atoms with E-state index in [9.17, 15) is 8.78 Å². The van der Waals surface area contributed by atoms with Gasteiger partial charge in [-0.25, -0.2) is 8.78 Å². The maximum absolute atomic E-state index is 12.6. The first-order chi connectivity index (χ1) is 5.65. The fourth-order valence-electron chi connectivity index (χ4n) is 0.856. The molecule has 66 valence electrons. The topological polar surface area (TPSA) is 32.3 Å². The molecule has 0 aliphatic rings. The van der Waals surface area contributed by atoms with E-state index in [-0.39, 0.29) is 0 Å². The molecule has 0 bridgehead atoms. The largest absolute Gasteiger partial charge is 0.316 e. The first kappa shape index (κ1) is 9.09. The van der Waals surface area contributed by atoms with E-state index in [1.54, 1.807) is 6.92 Å². The lowest BCUT2D eigenvalue weighted by molar-refractivity contribution is 0.133. The molecule has 0 saturated carbocycles. The SMILES string of the molecule is CC(NO)c1ccc(F)c(F)c1. The Balaban J connectivity index is 2.96. The molecule has 1 rings (SSSR count). The second kappa shape index (κ2) is 3.60. The lowest BCUT2D eigenvalue weighted by Gasteiger charge is -2.08. The highest BCUT2D eigenvalue weighted by atomic mass is 19.2. The van der Waals surface area contributed by atoms with Crippen LogP contribution >= 0.6 is 0 Å². The molecule has 2 N–H and O–H groups in total. The van der Waals surface area contributed by atoms with Crippen molar-refractivity contribution in [2.45, 2.75) is 13.0 Å². The summed E-state index contributed by atoms with van der Waals surface area (Å²) in [5.41, 5.74) is 2.44. The zero-order chi connectivity index (χ0) is 9.14. The Kier molecular flexibility index (Phi) is 2.73. The number of rotatable bonds is 2. The van der Waals surface area contributed by atoms with E-state index in [0.29, 0.717) is 5.56 Å². The van der Waals surface area contributed by atoms with Crippen LogP contribution in [0.25, 0.3) is 0 Å². The summed E-state index contributed by atoms with van der Waals surface area (Å²) in [6.45, 7) is 1.63. The lowest BCUT2D eigenvalue weighted by Crippen LogP contribution is -2.13. The Bertz CT molecular complexity index is 278. The Morgan fingerprint density at radius 3 is 2.50 bits per heavy atom. The second-order valence-electron chi connectivity index (χ2n) is 2.52. The van der Waals surface area contributed by atoms with Gasteiger partial charge in [-0.15, -0.1) is 0 Å². The Labute approximate surface area is 68.8 Å². The van der Waals surface area contributed by atoms with Crippen LogP contribution in [0.15, 0.2) is 18.2 Å². The van der Waals surface area contributed by atoms with Crippen LogP contribution in [-0.2, 0) is 0 Å². The van der Waals surface area contributed by atoms with Gasteiger partial charge in [0.15, 0.2) is 11.6 Å². The third-order valence-corrected chi connectivity index (χ3v) is 1.64. The number of nitrogens with one attached hydrogen (secondary N) is 1. The summed E-state index contributed by atoms with van der Waals surface area (Å²) in [7, 11) is 0. The van der Waals surface area contributed by atoms with Gasteiger partial charge in [0.05, 0.1) is 6.04 Å². The van der Waals surface area contributed by atoms with Crippen molar-refractivity contribution in [3.8, 4) is 0 Å². The van der Waals surface area contributed by atoms with Crippen LogP contribution in [0.3, 0.4) is 0 Å². The molecule has 12 heavy (non-hydrogen) atoms. The van der Waals surface area contributed by atoms with Crippen molar-refractivity contribution >= 4 is 0 Å². The van der Waals surface area contributed by atoms with Crippen molar-refractivity contribution in [3.05, 3.63) is 35.4 Å². The molecule has 1 aromatic carbocycles. The molecule has 0 saturated heterocycles. The normalized spacial score (nSPS) is 13.0. The minimum Gasteiger partial charge on any atom is -0.316 e. The van der Waals surface area contributed by atoms with E-state index >= 15 is 0 Å². The Morgan fingerprint density at radius 2 is 2.00 bits per heavy atom. The van der Waals surface area contributed by atoms with E-state index < -0.39 is 17.7 Å². The second-order valence-corrected chi connectivity index (χ2v) is 2.52. The van der Waals surface area contributed by atoms with Crippen molar-refractivity contribution in [3.63, 3.8) is 0 Å². The summed E-state index contributed by atoms with van der Waals surface area (Å²) in [6.07, 6.45) is 0. The van der Waals surface area contributed by atoms with Crippen LogP contribution in [-0.4, -0.2) is 5.21 Å². The van der Waals surface area contributed by atoms with Gasteiger partial charge in [-0.05, 0) is 24.6 Å². The number of halogens is 2. The fourth-order valence-corrected chi connectivity index (χ4v) is 0.856. The highest BCUT2D eigenvalue weighted by Crippen LogP contribution is 2.14. The predicted molar refractivity (Wildman–Crippen MR) is 39.7 cm³/mol. The monoisotopic (exact) mass is 173 g/mol. The smallest absolute Gasteiger partial charge is 0.159 e. The number of hydrogen-bond donors (Lipinski definition) is 2. The third kappa shape index (κ3) is 1.78. The minimum absolute atomic E-state index is 0.403. The zero-order valence-corrected chi connectivity index (χ0v) is 6.51. The van der Waals surface area contributed by atoms with Crippen LogP contribution in [0.4, 0.5) is 8.78 Å². The van der Waals surface area contributed by atoms with E-state index in [0.717, 1.165) is 12.1 Å². The molecule has 0 amide bonds. The maximum atomic E-state index is 12.6. The summed E-state index contributed by atoms with van der Waals surface area (Å²) in [5, 5.41) is 8.48. The van der Waals surface area contributed by atoms with Crippen LogP contribution in [0.1, 0.15) is 18.5 Å². The summed E-state index contributed by atoms with van der Waals surface area (Å²) in [5.74, 6) is -1.79. The molecule has 0 radical (unpaired) electrons. The van der Waals surface area contributed by atoms with Gasteiger partial charge < -0.3 is 5.21 Å².